The van der Waals surface area contributed by atoms with Crippen LogP contribution < -0.4 is 5.73 Å². The largest absolute Gasteiger partial charge is 0.366 e. The average Bonchev–Trinajstić information content (AvgIpc) is 3.10. The molecular formula is C26H17F2N2O. The summed E-state index contributed by atoms with van der Waals surface area (Å²) in [5.41, 5.74) is 9.20. The standard InChI is InChI=1S/C26H17F2N2O/c27-21-9-5-10-22(28)20(21)15-30-23-11-4-8-19(26(29)31)25(23)18-13-12-17(14-24(18)30)16-6-2-1-3-7-16/h1-12,14H,15H2,(H2,29,31). The van der Waals surface area contributed by atoms with Gasteiger partial charge in [0.05, 0.1) is 17.6 Å². The van der Waals surface area contributed by atoms with Crippen LogP contribution in [0.4, 0.5) is 8.78 Å². The van der Waals surface area contributed by atoms with Gasteiger partial charge in [-0.2, -0.15) is 0 Å². The third-order valence-electron chi connectivity index (χ3n) is 5.54. The lowest BCUT2D eigenvalue weighted by atomic mass is 10.0. The van der Waals surface area contributed by atoms with Gasteiger partial charge >= 0.3 is 0 Å². The summed E-state index contributed by atoms with van der Waals surface area (Å²) in [6.45, 7) is -0.0349. The number of rotatable bonds is 4. The third kappa shape index (κ3) is 3.15. The minimum atomic E-state index is -0.621. The monoisotopic (exact) mass is 411 g/mol. The summed E-state index contributed by atoms with van der Waals surface area (Å²) in [7, 11) is 0. The highest BCUT2D eigenvalue weighted by atomic mass is 19.1. The Bertz CT molecular complexity index is 1440. The Labute approximate surface area is 177 Å². The van der Waals surface area contributed by atoms with Gasteiger partial charge in [-0.1, -0.05) is 42.5 Å². The van der Waals surface area contributed by atoms with Crippen LogP contribution in [0.25, 0.3) is 32.9 Å². The summed E-state index contributed by atoms with van der Waals surface area (Å²) >= 11 is 0. The molecule has 1 heterocycles. The molecule has 1 amide bonds. The molecule has 0 saturated heterocycles. The molecule has 1 aromatic heterocycles. The molecule has 1 radical (unpaired) electrons. The molecule has 0 atom stereocenters. The Morgan fingerprint density at radius 3 is 2.29 bits per heavy atom. The number of aromatic nitrogens is 1. The SMILES string of the molecule is NC(=O)c1cccc2c1c1[c]cc(-c3ccccc3)cc1n2Cc1c(F)cccc1F. The van der Waals surface area contributed by atoms with Gasteiger partial charge in [-0.25, -0.2) is 8.78 Å². The van der Waals surface area contributed by atoms with E-state index in [2.05, 4.69) is 6.07 Å². The Balaban J connectivity index is 1.84. The van der Waals surface area contributed by atoms with Crippen molar-refractivity contribution in [2.75, 3.05) is 0 Å². The molecule has 0 aliphatic heterocycles. The zero-order chi connectivity index (χ0) is 21.5. The fraction of sp³-hybridized carbons (Fsp3) is 0.0385. The van der Waals surface area contributed by atoms with Crippen LogP contribution in [-0.4, -0.2) is 10.5 Å². The van der Waals surface area contributed by atoms with Gasteiger partial charge in [0, 0.05) is 21.9 Å². The molecule has 4 aromatic carbocycles. The Kier molecular flexibility index (Phi) is 4.51. The first-order valence-corrected chi connectivity index (χ1v) is 9.79. The predicted molar refractivity (Wildman–Crippen MR) is 118 cm³/mol. The quantitative estimate of drug-likeness (QED) is 0.406. The number of amides is 1. The van der Waals surface area contributed by atoms with Gasteiger partial charge in [0.1, 0.15) is 11.6 Å². The van der Waals surface area contributed by atoms with E-state index in [4.69, 9.17) is 5.73 Å². The average molecular weight is 411 g/mol. The number of carbonyl (C=O) groups is 1. The lowest BCUT2D eigenvalue weighted by Gasteiger charge is -2.11. The lowest BCUT2D eigenvalue weighted by molar-refractivity contribution is 0.100. The molecule has 0 fully saturated rings. The van der Waals surface area contributed by atoms with E-state index in [-0.39, 0.29) is 12.1 Å². The van der Waals surface area contributed by atoms with Crippen molar-refractivity contribution in [3.8, 4) is 11.1 Å². The van der Waals surface area contributed by atoms with Crippen molar-refractivity contribution >= 4 is 27.7 Å². The van der Waals surface area contributed by atoms with E-state index >= 15 is 0 Å². The van der Waals surface area contributed by atoms with Gasteiger partial charge < -0.3 is 10.3 Å². The van der Waals surface area contributed by atoms with E-state index in [0.717, 1.165) is 11.1 Å². The zero-order valence-corrected chi connectivity index (χ0v) is 16.4. The smallest absolute Gasteiger partial charge is 0.249 e. The molecule has 0 unspecified atom stereocenters. The molecule has 0 spiro atoms. The van der Waals surface area contributed by atoms with Crippen molar-refractivity contribution in [2.24, 2.45) is 5.73 Å². The van der Waals surface area contributed by atoms with E-state index in [1.54, 1.807) is 12.1 Å². The molecule has 0 saturated carbocycles. The normalized spacial score (nSPS) is 11.3. The highest BCUT2D eigenvalue weighted by Gasteiger charge is 2.19. The minimum Gasteiger partial charge on any atom is -0.366 e. The molecule has 151 valence electrons. The second-order valence-electron chi connectivity index (χ2n) is 7.36. The van der Waals surface area contributed by atoms with E-state index in [9.17, 15) is 13.6 Å². The third-order valence-corrected chi connectivity index (χ3v) is 5.54. The second kappa shape index (κ2) is 7.36. The molecule has 3 nitrogen and oxygen atoms in total. The number of fused-ring (bicyclic) bond motifs is 3. The molecule has 5 heteroatoms. The maximum atomic E-state index is 14.5. The van der Waals surface area contributed by atoms with Crippen LogP contribution in [0.3, 0.4) is 0 Å². The van der Waals surface area contributed by atoms with Crippen molar-refractivity contribution in [1.82, 2.24) is 4.57 Å². The number of hydrogen-bond acceptors (Lipinski definition) is 1. The van der Waals surface area contributed by atoms with Gasteiger partial charge in [-0.05, 0) is 53.6 Å². The summed E-state index contributed by atoms with van der Waals surface area (Å²) in [4.78, 5) is 12.1. The first-order chi connectivity index (χ1) is 15.0. The molecule has 0 aliphatic rings. The van der Waals surface area contributed by atoms with E-state index in [1.807, 2.05) is 53.1 Å². The molecule has 31 heavy (non-hydrogen) atoms. The van der Waals surface area contributed by atoms with Crippen LogP contribution >= 0.6 is 0 Å². The lowest BCUT2D eigenvalue weighted by Crippen LogP contribution is -2.11. The number of nitrogens with zero attached hydrogens (tertiary/aromatic N) is 1. The number of halogens is 2. The van der Waals surface area contributed by atoms with Crippen LogP contribution in [-0.2, 0) is 6.54 Å². The summed E-state index contributed by atoms with van der Waals surface area (Å²) in [6, 6.07) is 25.8. The number of hydrogen-bond donors (Lipinski definition) is 1. The van der Waals surface area contributed by atoms with Gasteiger partial charge in [0.25, 0.3) is 0 Å². The summed E-state index contributed by atoms with van der Waals surface area (Å²) in [5.74, 6) is -1.81. The molecule has 5 rings (SSSR count). The minimum absolute atomic E-state index is 0.0349. The maximum Gasteiger partial charge on any atom is 0.249 e. The summed E-state index contributed by atoms with van der Waals surface area (Å²) in [6.07, 6.45) is 0. The molecule has 0 bridgehead atoms. The van der Waals surface area contributed by atoms with Gasteiger partial charge in [0.2, 0.25) is 5.91 Å². The first kappa shape index (κ1) is 19.0. The maximum absolute atomic E-state index is 14.5. The summed E-state index contributed by atoms with van der Waals surface area (Å²) < 4.78 is 30.7. The van der Waals surface area contributed by atoms with Crippen LogP contribution in [0.5, 0.6) is 0 Å². The molecule has 0 aliphatic carbocycles. The number of benzene rings is 4. The van der Waals surface area contributed by atoms with E-state index in [1.165, 1.54) is 18.2 Å². The Morgan fingerprint density at radius 2 is 1.58 bits per heavy atom. The number of carbonyl (C=O) groups excluding carboxylic acids is 1. The molecule has 2 N–H and O–H groups in total. The zero-order valence-electron chi connectivity index (χ0n) is 16.4. The fourth-order valence-electron chi connectivity index (χ4n) is 4.07. The van der Waals surface area contributed by atoms with Crippen LogP contribution in [0.2, 0.25) is 0 Å². The van der Waals surface area contributed by atoms with Gasteiger partial charge in [0.15, 0.2) is 0 Å². The van der Waals surface area contributed by atoms with Crippen molar-refractivity contribution < 1.29 is 13.6 Å². The van der Waals surface area contributed by atoms with Crippen molar-refractivity contribution in [3.05, 3.63) is 108 Å². The molecular weight excluding hydrogens is 394 g/mol. The molecule has 5 aromatic rings. The Morgan fingerprint density at radius 1 is 0.871 bits per heavy atom. The topological polar surface area (TPSA) is 48.0 Å². The highest BCUT2D eigenvalue weighted by molar-refractivity contribution is 6.18. The number of primary amides is 1. The Hall–Kier alpha value is -3.99. The first-order valence-electron chi connectivity index (χ1n) is 9.79. The van der Waals surface area contributed by atoms with Crippen LogP contribution in [0.1, 0.15) is 15.9 Å². The van der Waals surface area contributed by atoms with Crippen LogP contribution in [0.15, 0.2) is 78.9 Å². The van der Waals surface area contributed by atoms with Crippen molar-refractivity contribution in [2.45, 2.75) is 6.54 Å². The second-order valence-corrected chi connectivity index (χ2v) is 7.36. The predicted octanol–water partition coefficient (Wildman–Crippen LogP) is 5.69. The number of nitrogens with two attached hydrogens (primary N) is 1. The van der Waals surface area contributed by atoms with Crippen molar-refractivity contribution in [3.63, 3.8) is 0 Å². The van der Waals surface area contributed by atoms with Gasteiger partial charge in [-0.15, -0.1) is 0 Å². The fourth-order valence-corrected chi connectivity index (χ4v) is 4.07. The van der Waals surface area contributed by atoms with Gasteiger partial charge in [-0.3, -0.25) is 4.79 Å². The van der Waals surface area contributed by atoms with E-state index < -0.39 is 17.5 Å². The van der Waals surface area contributed by atoms with Crippen LogP contribution in [0, 0.1) is 17.7 Å². The van der Waals surface area contributed by atoms with E-state index in [0.29, 0.717) is 27.4 Å². The van der Waals surface area contributed by atoms with Crippen molar-refractivity contribution in [1.29, 1.82) is 0 Å². The summed E-state index contributed by atoms with van der Waals surface area (Å²) in [5, 5.41) is 1.31. The highest BCUT2D eigenvalue weighted by Crippen LogP contribution is 2.35.